The summed E-state index contributed by atoms with van der Waals surface area (Å²) in [5.74, 6) is 3.41. The minimum absolute atomic E-state index is 0. The Bertz CT molecular complexity index is 830. The van der Waals surface area contributed by atoms with Crippen LogP contribution in [-0.4, -0.2) is 71.4 Å². The maximum atomic E-state index is 5.61. The summed E-state index contributed by atoms with van der Waals surface area (Å²) in [7, 11) is 7.46. The van der Waals surface area contributed by atoms with Crippen LogP contribution >= 0.6 is 24.0 Å². The third-order valence-electron chi connectivity index (χ3n) is 5.80. The van der Waals surface area contributed by atoms with Crippen LogP contribution in [0, 0.1) is 0 Å². The number of nitrogens with zero attached hydrogens (tertiary/aromatic N) is 3. The molecule has 1 unspecified atom stereocenters. The van der Waals surface area contributed by atoms with E-state index in [1.54, 1.807) is 20.5 Å². The first-order valence-electron chi connectivity index (χ1n) is 11.3. The second-order valence-electron chi connectivity index (χ2n) is 8.19. The summed E-state index contributed by atoms with van der Waals surface area (Å²) in [4.78, 5) is 9.37. The molecule has 8 nitrogen and oxygen atoms in total. The maximum Gasteiger partial charge on any atom is 0.191 e. The summed E-state index contributed by atoms with van der Waals surface area (Å²) in [6, 6.07) is 10.4. The van der Waals surface area contributed by atoms with Crippen LogP contribution in [0.4, 0.5) is 5.69 Å². The number of hydrogen-bond donors (Lipinski definition) is 2. The fraction of sp³-hybridized carbons (Fsp3) is 0.542. The van der Waals surface area contributed by atoms with E-state index in [0.29, 0.717) is 12.6 Å². The summed E-state index contributed by atoms with van der Waals surface area (Å²) >= 11 is 0. The van der Waals surface area contributed by atoms with Gasteiger partial charge < -0.3 is 29.4 Å². The highest BCUT2D eigenvalue weighted by molar-refractivity contribution is 14.0. The van der Waals surface area contributed by atoms with Crippen molar-refractivity contribution in [1.82, 2.24) is 15.5 Å². The van der Waals surface area contributed by atoms with Gasteiger partial charge in [0.05, 0.1) is 33.1 Å². The van der Waals surface area contributed by atoms with Gasteiger partial charge in [0.2, 0.25) is 0 Å². The fourth-order valence-electron chi connectivity index (χ4n) is 3.94. The van der Waals surface area contributed by atoms with Gasteiger partial charge in [-0.3, -0.25) is 9.89 Å². The maximum absolute atomic E-state index is 5.61. The van der Waals surface area contributed by atoms with Gasteiger partial charge in [-0.2, -0.15) is 0 Å². The van der Waals surface area contributed by atoms with Crippen molar-refractivity contribution in [2.45, 2.75) is 31.8 Å². The Balaban J connectivity index is 0.00000385. The lowest BCUT2D eigenvalue weighted by molar-refractivity contribution is 0.264. The van der Waals surface area contributed by atoms with E-state index in [0.717, 1.165) is 61.4 Å². The molecule has 1 aromatic carbocycles. The SMILES string of the molecule is CCNC(=NCC(c1ccco1)N(C)C)NC1CCN(c2cc(OC)cc(OC)c2)CC1.I. The molecule has 1 aliphatic rings. The topological polar surface area (TPSA) is 74.5 Å². The first kappa shape index (κ1) is 27.1. The second-order valence-corrected chi connectivity index (χ2v) is 8.19. The number of halogens is 1. The van der Waals surface area contributed by atoms with Crippen molar-refractivity contribution in [2.24, 2.45) is 4.99 Å². The summed E-state index contributed by atoms with van der Waals surface area (Å²) < 4.78 is 16.5. The Labute approximate surface area is 214 Å². The lowest BCUT2D eigenvalue weighted by atomic mass is 10.0. The Morgan fingerprint density at radius 3 is 2.36 bits per heavy atom. The zero-order valence-corrected chi connectivity index (χ0v) is 22.7. The number of nitrogens with one attached hydrogen (secondary N) is 2. The molecule has 3 rings (SSSR count). The van der Waals surface area contributed by atoms with E-state index in [1.165, 1.54) is 0 Å². The molecule has 1 aromatic heterocycles. The third-order valence-corrected chi connectivity index (χ3v) is 5.80. The molecule has 0 bridgehead atoms. The normalized spacial score (nSPS) is 15.7. The van der Waals surface area contributed by atoms with Crippen LogP contribution in [0.25, 0.3) is 0 Å². The van der Waals surface area contributed by atoms with Gasteiger partial charge in [-0.15, -0.1) is 24.0 Å². The van der Waals surface area contributed by atoms with Crippen LogP contribution in [-0.2, 0) is 0 Å². The number of methoxy groups -OCH3 is 2. The quantitative estimate of drug-likeness (QED) is 0.270. The van der Waals surface area contributed by atoms with Crippen LogP contribution in [0.15, 0.2) is 46.0 Å². The number of benzene rings is 1. The van der Waals surface area contributed by atoms with Gasteiger partial charge in [0, 0.05) is 49.6 Å². The van der Waals surface area contributed by atoms with E-state index in [9.17, 15) is 0 Å². The van der Waals surface area contributed by atoms with Gasteiger partial charge in [0.1, 0.15) is 17.3 Å². The van der Waals surface area contributed by atoms with Crippen molar-refractivity contribution >= 4 is 35.6 Å². The van der Waals surface area contributed by atoms with E-state index in [2.05, 4.69) is 39.5 Å². The summed E-state index contributed by atoms with van der Waals surface area (Å²) in [6.07, 6.45) is 3.77. The van der Waals surface area contributed by atoms with Crippen molar-refractivity contribution in [3.05, 3.63) is 42.4 Å². The number of likely N-dealkylation sites (N-methyl/N-ethyl adjacent to an activating group) is 1. The highest BCUT2D eigenvalue weighted by atomic mass is 127. The number of guanidine groups is 1. The first-order chi connectivity index (χ1) is 15.5. The number of anilines is 1. The average Bonchev–Trinajstić information content (AvgIpc) is 3.33. The van der Waals surface area contributed by atoms with Crippen LogP contribution in [0.3, 0.4) is 0 Å². The highest BCUT2D eigenvalue weighted by Gasteiger charge is 2.22. The molecule has 0 spiro atoms. The highest BCUT2D eigenvalue weighted by Crippen LogP contribution is 2.30. The molecule has 0 radical (unpaired) electrons. The zero-order chi connectivity index (χ0) is 22.9. The number of piperidine rings is 1. The molecule has 33 heavy (non-hydrogen) atoms. The van der Waals surface area contributed by atoms with Gasteiger partial charge in [-0.05, 0) is 46.0 Å². The molecule has 184 valence electrons. The van der Waals surface area contributed by atoms with Gasteiger partial charge in [0.15, 0.2) is 5.96 Å². The number of aliphatic imine (C=N–C) groups is 1. The van der Waals surface area contributed by atoms with Gasteiger partial charge in [0.25, 0.3) is 0 Å². The van der Waals surface area contributed by atoms with Gasteiger partial charge in [-0.1, -0.05) is 0 Å². The van der Waals surface area contributed by atoms with Crippen molar-refractivity contribution in [2.75, 3.05) is 59.4 Å². The molecule has 2 N–H and O–H groups in total. The van der Waals surface area contributed by atoms with Crippen LogP contribution in [0.1, 0.15) is 31.6 Å². The summed E-state index contributed by atoms with van der Waals surface area (Å²) in [5, 5.41) is 7.01. The molecule has 2 aromatic rings. The Kier molecular flexibility index (Phi) is 11.1. The molecule has 1 aliphatic heterocycles. The van der Waals surface area contributed by atoms with Gasteiger partial charge in [-0.25, -0.2) is 0 Å². The van der Waals surface area contributed by atoms with E-state index in [4.69, 9.17) is 18.9 Å². The average molecular weight is 572 g/mol. The Morgan fingerprint density at radius 2 is 1.85 bits per heavy atom. The van der Waals surface area contributed by atoms with Gasteiger partial charge >= 0.3 is 0 Å². The van der Waals surface area contributed by atoms with E-state index >= 15 is 0 Å². The molecule has 0 saturated carbocycles. The Hall–Kier alpha value is -2.14. The monoisotopic (exact) mass is 571 g/mol. The molecule has 1 saturated heterocycles. The number of ether oxygens (including phenoxy) is 2. The minimum Gasteiger partial charge on any atom is -0.497 e. The predicted molar refractivity (Wildman–Crippen MR) is 144 cm³/mol. The van der Waals surface area contributed by atoms with Crippen molar-refractivity contribution in [1.29, 1.82) is 0 Å². The number of rotatable bonds is 9. The second kappa shape index (κ2) is 13.5. The molecular weight excluding hydrogens is 533 g/mol. The molecule has 1 fully saturated rings. The first-order valence-corrected chi connectivity index (χ1v) is 11.3. The Morgan fingerprint density at radius 1 is 1.18 bits per heavy atom. The van der Waals surface area contributed by atoms with Crippen LogP contribution < -0.4 is 25.0 Å². The molecule has 0 amide bonds. The van der Waals surface area contributed by atoms with Crippen molar-refractivity contribution in [3.8, 4) is 11.5 Å². The zero-order valence-electron chi connectivity index (χ0n) is 20.3. The molecule has 1 atom stereocenters. The minimum atomic E-state index is 0. The molecule has 2 heterocycles. The van der Waals surface area contributed by atoms with Crippen LogP contribution in [0.2, 0.25) is 0 Å². The fourth-order valence-corrected chi connectivity index (χ4v) is 3.94. The molecule has 0 aliphatic carbocycles. The number of furan rings is 1. The van der Waals surface area contributed by atoms with E-state index < -0.39 is 0 Å². The predicted octanol–water partition coefficient (Wildman–Crippen LogP) is 3.74. The molecule has 9 heteroatoms. The lowest BCUT2D eigenvalue weighted by Crippen LogP contribution is -2.49. The smallest absolute Gasteiger partial charge is 0.191 e. The van der Waals surface area contributed by atoms with E-state index in [-0.39, 0.29) is 30.0 Å². The third kappa shape index (κ3) is 7.70. The summed E-state index contributed by atoms with van der Waals surface area (Å²) in [5.41, 5.74) is 1.13. The van der Waals surface area contributed by atoms with Crippen molar-refractivity contribution < 1.29 is 13.9 Å². The van der Waals surface area contributed by atoms with Crippen LogP contribution in [0.5, 0.6) is 11.5 Å². The standard InChI is InChI=1S/C24H37N5O3.HI/c1-6-25-24(26-17-22(28(2)3)23-8-7-13-32-23)27-18-9-11-29(12-10-18)19-14-20(30-4)16-21(15-19)31-5;/h7-8,13-16,18,22H,6,9-12,17H2,1-5H3,(H2,25,26,27);1H. The summed E-state index contributed by atoms with van der Waals surface area (Å²) in [6.45, 7) is 5.45. The van der Waals surface area contributed by atoms with E-state index in [1.807, 2.05) is 32.3 Å². The van der Waals surface area contributed by atoms with Crippen molar-refractivity contribution in [3.63, 3.8) is 0 Å². The largest absolute Gasteiger partial charge is 0.497 e. The molecular formula is C24H38IN5O3. The number of hydrogen-bond acceptors (Lipinski definition) is 6. The lowest BCUT2D eigenvalue weighted by Gasteiger charge is -2.35.